The lowest BCUT2D eigenvalue weighted by molar-refractivity contribution is 0.110. The average Bonchev–Trinajstić information content (AvgIpc) is 2.22. The van der Waals surface area contributed by atoms with Crippen molar-refractivity contribution >= 4 is 0 Å². The van der Waals surface area contributed by atoms with Crippen LogP contribution in [0.15, 0.2) is 18.2 Å². The first-order valence-electron chi connectivity index (χ1n) is 6.32. The molecule has 0 aliphatic carbocycles. The van der Waals surface area contributed by atoms with Crippen molar-refractivity contribution in [3.63, 3.8) is 0 Å². The summed E-state index contributed by atoms with van der Waals surface area (Å²) in [6, 6.07) is 3.77. The Kier molecular flexibility index (Phi) is 4.85. The van der Waals surface area contributed by atoms with Gasteiger partial charge in [-0.25, -0.2) is 8.78 Å². The second-order valence-corrected chi connectivity index (χ2v) is 6.11. The van der Waals surface area contributed by atoms with E-state index in [1.54, 1.807) is 0 Å². The van der Waals surface area contributed by atoms with Crippen LogP contribution in [0.25, 0.3) is 0 Å². The van der Waals surface area contributed by atoms with E-state index in [-0.39, 0.29) is 5.41 Å². The Bertz CT molecular complexity index is 396. The summed E-state index contributed by atoms with van der Waals surface area (Å²) in [5.41, 5.74) is 0.761. The lowest BCUT2D eigenvalue weighted by atomic mass is 9.78. The molecular weight excluding hydrogens is 234 g/mol. The molecule has 2 unspecified atom stereocenters. The van der Waals surface area contributed by atoms with E-state index < -0.39 is 17.7 Å². The highest BCUT2D eigenvalue weighted by molar-refractivity contribution is 5.18. The number of halogens is 2. The van der Waals surface area contributed by atoms with E-state index in [4.69, 9.17) is 0 Å². The zero-order chi connectivity index (χ0) is 13.9. The molecule has 1 N–H and O–H groups in total. The van der Waals surface area contributed by atoms with Gasteiger partial charge in [0, 0.05) is 0 Å². The molecule has 3 heteroatoms. The van der Waals surface area contributed by atoms with Crippen molar-refractivity contribution < 1.29 is 13.9 Å². The maximum absolute atomic E-state index is 13.0. The van der Waals surface area contributed by atoms with E-state index in [0.717, 1.165) is 12.1 Å². The fourth-order valence-electron chi connectivity index (χ4n) is 1.78. The first kappa shape index (κ1) is 15.1. The van der Waals surface area contributed by atoms with Crippen LogP contribution in [0.1, 0.15) is 39.7 Å². The highest BCUT2D eigenvalue weighted by Gasteiger charge is 2.22. The summed E-state index contributed by atoms with van der Waals surface area (Å²) in [5.74, 6) is -1.35. The normalized spacial score (nSPS) is 15.5. The van der Waals surface area contributed by atoms with Gasteiger partial charge in [0.2, 0.25) is 0 Å². The Morgan fingerprint density at radius 1 is 1.17 bits per heavy atom. The van der Waals surface area contributed by atoms with Gasteiger partial charge in [-0.2, -0.15) is 0 Å². The minimum absolute atomic E-state index is 0.134. The van der Waals surface area contributed by atoms with Crippen LogP contribution in [0, 0.1) is 23.0 Å². The summed E-state index contributed by atoms with van der Waals surface area (Å²) in [4.78, 5) is 0. The van der Waals surface area contributed by atoms with Crippen molar-refractivity contribution in [2.45, 2.75) is 46.6 Å². The van der Waals surface area contributed by atoms with Crippen molar-refractivity contribution in [3.05, 3.63) is 35.4 Å². The number of benzene rings is 1. The lowest BCUT2D eigenvalue weighted by Gasteiger charge is -2.29. The second-order valence-electron chi connectivity index (χ2n) is 6.11. The maximum Gasteiger partial charge on any atom is 0.159 e. The van der Waals surface area contributed by atoms with Crippen LogP contribution in [0.2, 0.25) is 0 Å². The number of hydrogen-bond donors (Lipinski definition) is 1. The standard InChI is InChI=1S/C15H22F2O/c1-10(15(2,3)4)7-12(18)8-11-5-6-13(16)14(17)9-11/h5-6,9-10,12,18H,7-8H2,1-4H3. The van der Waals surface area contributed by atoms with Crippen LogP contribution in [0.5, 0.6) is 0 Å². The van der Waals surface area contributed by atoms with E-state index in [2.05, 4.69) is 27.7 Å². The van der Waals surface area contributed by atoms with E-state index in [0.29, 0.717) is 24.3 Å². The van der Waals surface area contributed by atoms with Crippen LogP contribution in [0.4, 0.5) is 8.78 Å². The van der Waals surface area contributed by atoms with E-state index >= 15 is 0 Å². The Hall–Kier alpha value is -0.960. The van der Waals surface area contributed by atoms with Crippen LogP contribution >= 0.6 is 0 Å². The third kappa shape index (κ3) is 4.37. The molecule has 1 aromatic rings. The van der Waals surface area contributed by atoms with E-state index in [9.17, 15) is 13.9 Å². The van der Waals surface area contributed by atoms with Crippen molar-refractivity contribution in [2.24, 2.45) is 11.3 Å². The Balaban J connectivity index is 2.59. The van der Waals surface area contributed by atoms with Crippen molar-refractivity contribution in [3.8, 4) is 0 Å². The van der Waals surface area contributed by atoms with Crippen LogP contribution in [0.3, 0.4) is 0 Å². The smallest absolute Gasteiger partial charge is 0.159 e. The fourth-order valence-corrected chi connectivity index (χ4v) is 1.78. The summed E-state index contributed by atoms with van der Waals surface area (Å²) >= 11 is 0. The molecule has 2 atom stereocenters. The Labute approximate surface area is 108 Å². The number of hydrogen-bond acceptors (Lipinski definition) is 1. The van der Waals surface area contributed by atoms with Crippen LogP contribution in [-0.4, -0.2) is 11.2 Å². The molecule has 0 bridgehead atoms. The molecule has 0 aliphatic rings. The van der Waals surface area contributed by atoms with E-state index in [1.165, 1.54) is 6.07 Å². The third-order valence-corrected chi connectivity index (χ3v) is 3.56. The van der Waals surface area contributed by atoms with Gasteiger partial charge in [-0.15, -0.1) is 0 Å². The third-order valence-electron chi connectivity index (χ3n) is 3.56. The van der Waals surface area contributed by atoms with Gasteiger partial charge in [-0.05, 0) is 41.9 Å². The van der Waals surface area contributed by atoms with Crippen molar-refractivity contribution in [1.29, 1.82) is 0 Å². The fraction of sp³-hybridized carbons (Fsp3) is 0.600. The largest absolute Gasteiger partial charge is 0.393 e. The zero-order valence-corrected chi connectivity index (χ0v) is 11.5. The molecule has 0 aliphatic heterocycles. The summed E-state index contributed by atoms with van der Waals surface area (Å²) in [5, 5.41) is 9.98. The predicted molar refractivity (Wildman–Crippen MR) is 69.3 cm³/mol. The molecule has 0 amide bonds. The number of rotatable bonds is 4. The molecule has 0 spiro atoms. The molecule has 0 radical (unpaired) electrons. The lowest BCUT2D eigenvalue weighted by Crippen LogP contribution is -2.24. The van der Waals surface area contributed by atoms with Crippen LogP contribution in [-0.2, 0) is 6.42 Å². The molecular formula is C15H22F2O. The quantitative estimate of drug-likeness (QED) is 0.865. The number of aliphatic hydroxyl groups excluding tert-OH is 1. The summed E-state index contributed by atoms with van der Waals surface area (Å²) in [6.07, 6.45) is 0.490. The average molecular weight is 256 g/mol. The van der Waals surface area contributed by atoms with Gasteiger partial charge in [0.15, 0.2) is 11.6 Å². The maximum atomic E-state index is 13.0. The molecule has 1 rings (SSSR count). The van der Waals surface area contributed by atoms with Gasteiger partial charge in [0.05, 0.1) is 6.10 Å². The molecule has 0 heterocycles. The summed E-state index contributed by atoms with van der Waals surface area (Å²) < 4.78 is 25.8. The van der Waals surface area contributed by atoms with Gasteiger partial charge < -0.3 is 5.11 Å². The molecule has 0 saturated carbocycles. The van der Waals surface area contributed by atoms with Crippen LogP contribution < -0.4 is 0 Å². The molecule has 0 fully saturated rings. The predicted octanol–water partition coefficient (Wildman–Crippen LogP) is 3.94. The molecule has 102 valence electrons. The first-order valence-corrected chi connectivity index (χ1v) is 6.32. The molecule has 1 nitrogen and oxygen atoms in total. The molecule has 0 saturated heterocycles. The van der Waals surface area contributed by atoms with Gasteiger partial charge >= 0.3 is 0 Å². The van der Waals surface area contributed by atoms with Gasteiger partial charge in [-0.1, -0.05) is 33.8 Å². The first-order chi connectivity index (χ1) is 8.20. The molecule has 1 aromatic carbocycles. The highest BCUT2D eigenvalue weighted by atomic mass is 19.2. The summed E-state index contributed by atoms with van der Waals surface area (Å²) in [6.45, 7) is 8.47. The number of aliphatic hydroxyl groups is 1. The zero-order valence-electron chi connectivity index (χ0n) is 11.5. The topological polar surface area (TPSA) is 20.2 Å². The second kappa shape index (κ2) is 5.79. The van der Waals surface area contributed by atoms with Crippen molar-refractivity contribution in [2.75, 3.05) is 0 Å². The van der Waals surface area contributed by atoms with Gasteiger partial charge in [0.1, 0.15) is 0 Å². The Morgan fingerprint density at radius 2 is 1.78 bits per heavy atom. The SMILES string of the molecule is CC(CC(O)Cc1ccc(F)c(F)c1)C(C)(C)C. The van der Waals surface area contributed by atoms with Crippen molar-refractivity contribution in [1.82, 2.24) is 0 Å². The Morgan fingerprint density at radius 3 is 2.28 bits per heavy atom. The highest BCUT2D eigenvalue weighted by Crippen LogP contribution is 2.29. The minimum Gasteiger partial charge on any atom is -0.393 e. The van der Waals surface area contributed by atoms with E-state index in [1.807, 2.05) is 0 Å². The molecule has 18 heavy (non-hydrogen) atoms. The van der Waals surface area contributed by atoms with Gasteiger partial charge in [0.25, 0.3) is 0 Å². The monoisotopic (exact) mass is 256 g/mol. The molecule has 0 aromatic heterocycles. The summed E-state index contributed by atoms with van der Waals surface area (Å²) in [7, 11) is 0. The minimum atomic E-state index is -0.858. The van der Waals surface area contributed by atoms with Gasteiger partial charge in [-0.3, -0.25) is 0 Å².